The summed E-state index contributed by atoms with van der Waals surface area (Å²) in [6, 6.07) is 5.41. The molecule has 5 heteroatoms. The first-order valence-electron chi connectivity index (χ1n) is 5.51. The Labute approximate surface area is 120 Å². The summed E-state index contributed by atoms with van der Waals surface area (Å²) in [5.74, 6) is 0.110. The van der Waals surface area contributed by atoms with Crippen molar-refractivity contribution in [1.82, 2.24) is 9.80 Å². The predicted molar refractivity (Wildman–Crippen MR) is 77.6 cm³/mol. The highest BCUT2D eigenvalue weighted by Gasteiger charge is 2.21. The van der Waals surface area contributed by atoms with E-state index in [1.54, 1.807) is 6.07 Å². The molecule has 0 radical (unpaired) electrons. The summed E-state index contributed by atoms with van der Waals surface area (Å²) < 4.78 is 0.916. The number of rotatable bonds is 1. The molecule has 1 fully saturated rings. The highest BCUT2D eigenvalue weighted by molar-refractivity contribution is 14.1. The first-order valence-corrected chi connectivity index (χ1v) is 6.96. The van der Waals surface area contributed by atoms with Gasteiger partial charge in [-0.3, -0.25) is 4.79 Å². The van der Waals surface area contributed by atoms with Crippen molar-refractivity contribution in [3.05, 3.63) is 32.4 Å². The lowest BCUT2D eigenvalue weighted by atomic mass is 10.2. The number of hydrogen-bond donors (Lipinski definition) is 0. The maximum atomic E-state index is 12.3. The van der Waals surface area contributed by atoms with Crippen LogP contribution in [0.5, 0.6) is 0 Å². The molecule has 92 valence electrons. The molecule has 1 aliphatic rings. The molecule has 2 rings (SSSR count). The summed E-state index contributed by atoms with van der Waals surface area (Å²) in [6.07, 6.45) is 0. The van der Waals surface area contributed by atoms with Crippen LogP contribution in [-0.2, 0) is 0 Å². The SMILES string of the molecule is CN1CCN(C(=O)c2ccc(Cl)cc2I)CC1. The van der Waals surface area contributed by atoms with Gasteiger partial charge >= 0.3 is 0 Å². The number of hydrogen-bond acceptors (Lipinski definition) is 2. The van der Waals surface area contributed by atoms with Crippen LogP contribution < -0.4 is 0 Å². The lowest BCUT2D eigenvalue weighted by Gasteiger charge is -2.32. The molecule has 1 aliphatic heterocycles. The van der Waals surface area contributed by atoms with Gasteiger partial charge in [-0.05, 0) is 47.8 Å². The summed E-state index contributed by atoms with van der Waals surface area (Å²) in [5.41, 5.74) is 0.750. The predicted octanol–water partition coefficient (Wildman–Crippen LogP) is 2.33. The molecule has 1 heterocycles. The van der Waals surface area contributed by atoms with Gasteiger partial charge in [-0.1, -0.05) is 11.6 Å². The lowest BCUT2D eigenvalue weighted by Crippen LogP contribution is -2.47. The van der Waals surface area contributed by atoms with Gasteiger partial charge in [0.25, 0.3) is 5.91 Å². The molecule has 1 aromatic carbocycles. The molecule has 0 aliphatic carbocycles. The molecule has 3 nitrogen and oxygen atoms in total. The van der Waals surface area contributed by atoms with Crippen molar-refractivity contribution in [2.75, 3.05) is 33.2 Å². The number of halogens is 2. The van der Waals surface area contributed by atoms with E-state index in [0.29, 0.717) is 5.02 Å². The zero-order valence-corrected chi connectivity index (χ0v) is 12.5. The fourth-order valence-electron chi connectivity index (χ4n) is 1.84. The van der Waals surface area contributed by atoms with Gasteiger partial charge in [-0.2, -0.15) is 0 Å². The zero-order chi connectivity index (χ0) is 12.4. The van der Waals surface area contributed by atoms with Crippen LogP contribution in [0.3, 0.4) is 0 Å². The second-order valence-electron chi connectivity index (χ2n) is 4.22. The first-order chi connectivity index (χ1) is 8.08. The largest absolute Gasteiger partial charge is 0.336 e. The third-order valence-corrected chi connectivity index (χ3v) is 4.08. The van der Waals surface area contributed by atoms with Crippen LogP contribution in [0.1, 0.15) is 10.4 Å². The molecule has 1 amide bonds. The Morgan fingerprint density at radius 2 is 1.94 bits per heavy atom. The van der Waals surface area contributed by atoms with Crippen LogP contribution in [0.25, 0.3) is 0 Å². The summed E-state index contributed by atoms with van der Waals surface area (Å²) in [6.45, 7) is 3.48. The molecule has 0 bridgehead atoms. The molecule has 0 N–H and O–H groups in total. The van der Waals surface area contributed by atoms with Gasteiger partial charge in [-0.15, -0.1) is 0 Å². The van der Waals surface area contributed by atoms with E-state index in [9.17, 15) is 4.79 Å². The van der Waals surface area contributed by atoms with Crippen LogP contribution >= 0.6 is 34.2 Å². The van der Waals surface area contributed by atoms with Gasteiger partial charge in [0.05, 0.1) is 5.56 Å². The Bertz CT molecular complexity index is 431. The summed E-state index contributed by atoms with van der Waals surface area (Å²) in [5, 5.41) is 0.671. The van der Waals surface area contributed by atoms with E-state index in [2.05, 4.69) is 34.5 Å². The average Bonchev–Trinajstić information content (AvgIpc) is 2.29. The third kappa shape index (κ3) is 3.11. The van der Waals surface area contributed by atoms with E-state index in [0.717, 1.165) is 35.3 Å². The van der Waals surface area contributed by atoms with Crippen LogP contribution in [0.15, 0.2) is 18.2 Å². The Kier molecular flexibility index (Phi) is 4.27. The van der Waals surface area contributed by atoms with Crippen LogP contribution in [0, 0.1) is 3.57 Å². The number of amides is 1. The summed E-state index contributed by atoms with van der Waals surface area (Å²) in [7, 11) is 2.08. The molecule has 0 saturated carbocycles. The minimum atomic E-state index is 0.110. The Hall–Kier alpha value is -0.330. The van der Waals surface area contributed by atoms with E-state index in [-0.39, 0.29) is 5.91 Å². The van der Waals surface area contributed by atoms with Gasteiger partial charge in [-0.25, -0.2) is 0 Å². The maximum absolute atomic E-state index is 12.3. The number of carbonyl (C=O) groups is 1. The summed E-state index contributed by atoms with van der Waals surface area (Å²) in [4.78, 5) is 16.4. The normalized spacial score (nSPS) is 17.2. The molecule has 0 aromatic heterocycles. The monoisotopic (exact) mass is 364 g/mol. The van der Waals surface area contributed by atoms with Crippen LogP contribution in [0.4, 0.5) is 0 Å². The van der Waals surface area contributed by atoms with E-state index in [1.165, 1.54) is 0 Å². The molecule has 17 heavy (non-hydrogen) atoms. The maximum Gasteiger partial charge on any atom is 0.255 e. The van der Waals surface area contributed by atoms with Crippen molar-refractivity contribution in [3.63, 3.8) is 0 Å². The lowest BCUT2D eigenvalue weighted by molar-refractivity contribution is 0.0663. The van der Waals surface area contributed by atoms with Crippen molar-refractivity contribution in [2.24, 2.45) is 0 Å². The molecule has 0 atom stereocenters. The zero-order valence-electron chi connectivity index (χ0n) is 9.62. The van der Waals surface area contributed by atoms with Gasteiger partial charge in [0.15, 0.2) is 0 Å². The molecule has 1 aromatic rings. The second-order valence-corrected chi connectivity index (χ2v) is 5.82. The topological polar surface area (TPSA) is 23.6 Å². The van der Waals surface area contributed by atoms with Crippen molar-refractivity contribution < 1.29 is 4.79 Å². The van der Waals surface area contributed by atoms with Crippen LogP contribution in [0.2, 0.25) is 5.02 Å². The molecular weight excluding hydrogens is 351 g/mol. The first kappa shape index (κ1) is 13.1. The van der Waals surface area contributed by atoms with E-state index >= 15 is 0 Å². The van der Waals surface area contributed by atoms with Crippen molar-refractivity contribution in [1.29, 1.82) is 0 Å². The van der Waals surface area contributed by atoms with E-state index in [1.807, 2.05) is 17.0 Å². The summed E-state index contributed by atoms with van der Waals surface area (Å²) >= 11 is 8.05. The van der Waals surface area contributed by atoms with Gasteiger partial charge in [0, 0.05) is 34.8 Å². The van der Waals surface area contributed by atoms with E-state index in [4.69, 9.17) is 11.6 Å². The molecule has 0 unspecified atom stereocenters. The number of piperazine rings is 1. The second kappa shape index (κ2) is 5.54. The quantitative estimate of drug-likeness (QED) is 0.714. The minimum absolute atomic E-state index is 0.110. The number of likely N-dealkylation sites (N-methyl/N-ethyl adjacent to an activating group) is 1. The third-order valence-electron chi connectivity index (χ3n) is 2.95. The van der Waals surface area contributed by atoms with Gasteiger partial charge < -0.3 is 9.80 Å². The Balaban J connectivity index is 2.14. The standard InChI is InChI=1S/C12H14ClIN2O/c1-15-4-6-16(7-5-15)12(17)10-3-2-9(13)8-11(10)14/h2-3,8H,4-7H2,1H3. The Morgan fingerprint density at radius 3 is 2.53 bits per heavy atom. The fourth-order valence-corrected chi connectivity index (χ4v) is 2.94. The van der Waals surface area contributed by atoms with Crippen molar-refractivity contribution in [3.8, 4) is 0 Å². The van der Waals surface area contributed by atoms with Gasteiger partial charge in [0.2, 0.25) is 0 Å². The number of carbonyl (C=O) groups excluding carboxylic acids is 1. The highest BCUT2D eigenvalue weighted by atomic mass is 127. The smallest absolute Gasteiger partial charge is 0.255 e. The highest BCUT2D eigenvalue weighted by Crippen LogP contribution is 2.20. The number of benzene rings is 1. The van der Waals surface area contributed by atoms with Crippen LogP contribution in [-0.4, -0.2) is 48.9 Å². The van der Waals surface area contributed by atoms with Gasteiger partial charge in [0.1, 0.15) is 0 Å². The average molecular weight is 365 g/mol. The Morgan fingerprint density at radius 1 is 1.29 bits per heavy atom. The number of nitrogens with zero attached hydrogens (tertiary/aromatic N) is 2. The molecule has 0 spiro atoms. The van der Waals surface area contributed by atoms with Crippen molar-refractivity contribution >= 4 is 40.1 Å². The molecular formula is C12H14ClIN2O. The minimum Gasteiger partial charge on any atom is -0.336 e. The van der Waals surface area contributed by atoms with E-state index < -0.39 is 0 Å². The van der Waals surface area contributed by atoms with Crippen molar-refractivity contribution in [2.45, 2.75) is 0 Å². The molecule has 1 saturated heterocycles. The fraction of sp³-hybridized carbons (Fsp3) is 0.417.